The summed E-state index contributed by atoms with van der Waals surface area (Å²) < 4.78 is 5.91. The second kappa shape index (κ2) is 4.48. The van der Waals surface area contributed by atoms with Gasteiger partial charge in [-0.2, -0.15) is 0 Å². The summed E-state index contributed by atoms with van der Waals surface area (Å²) in [7, 11) is 0. The monoisotopic (exact) mass is 245 g/mol. The number of hydrogen-bond donors (Lipinski definition) is 1. The van der Waals surface area contributed by atoms with Crippen LogP contribution >= 0.6 is 0 Å². The molecule has 2 aliphatic rings. The Morgan fingerprint density at radius 3 is 2.39 bits per heavy atom. The van der Waals surface area contributed by atoms with Crippen LogP contribution in [0.1, 0.15) is 36.8 Å². The van der Waals surface area contributed by atoms with Gasteiger partial charge in [-0.05, 0) is 24.0 Å². The van der Waals surface area contributed by atoms with E-state index in [1.165, 1.54) is 6.42 Å². The highest BCUT2D eigenvalue weighted by Gasteiger charge is 2.58. The molecular weight excluding hydrogens is 226 g/mol. The van der Waals surface area contributed by atoms with Crippen molar-refractivity contribution in [1.29, 1.82) is 0 Å². The van der Waals surface area contributed by atoms with Gasteiger partial charge in [0.15, 0.2) is 0 Å². The average Bonchev–Trinajstić information content (AvgIpc) is 2.33. The largest absolute Gasteiger partial charge is 0.372 e. The first kappa shape index (κ1) is 11.9. The number of Topliss-reactive ketones (excluding diaryl/α,β-unsaturated/α-hetero) is 1. The van der Waals surface area contributed by atoms with E-state index in [0.717, 1.165) is 24.0 Å². The van der Waals surface area contributed by atoms with Gasteiger partial charge in [0.25, 0.3) is 0 Å². The highest BCUT2D eigenvalue weighted by Crippen LogP contribution is 2.54. The van der Waals surface area contributed by atoms with Crippen molar-refractivity contribution < 1.29 is 9.53 Å². The Labute approximate surface area is 107 Å². The molecule has 0 radical (unpaired) electrons. The normalized spacial score (nSPS) is 24.7. The van der Waals surface area contributed by atoms with Crippen LogP contribution in [0.4, 0.5) is 0 Å². The number of carbonyl (C=O) groups is 1. The molecule has 0 aliphatic heterocycles. The summed E-state index contributed by atoms with van der Waals surface area (Å²) in [6.07, 6.45) is 4.01. The number of benzene rings is 1. The van der Waals surface area contributed by atoms with Crippen molar-refractivity contribution in [2.24, 2.45) is 11.1 Å². The fraction of sp³-hybridized carbons (Fsp3) is 0.533. The van der Waals surface area contributed by atoms with Crippen LogP contribution in [-0.4, -0.2) is 11.9 Å². The van der Waals surface area contributed by atoms with Crippen molar-refractivity contribution in [2.45, 2.75) is 44.9 Å². The van der Waals surface area contributed by atoms with Crippen LogP contribution in [0.15, 0.2) is 24.3 Å². The van der Waals surface area contributed by atoms with E-state index in [1.54, 1.807) is 0 Å². The van der Waals surface area contributed by atoms with Crippen LogP contribution in [0.5, 0.6) is 0 Å². The van der Waals surface area contributed by atoms with E-state index in [0.29, 0.717) is 25.4 Å². The number of ketones is 1. The smallest absolute Gasteiger partial charge is 0.144 e. The van der Waals surface area contributed by atoms with E-state index in [2.05, 4.69) is 12.1 Å². The molecule has 0 aromatic heterocycles. The van der Waals surface area contributed by atoms with Crippen LogP contribution in [0, 0.1) is 5.41 Å². The van der Waals surface area contributed by atoms with Gasteiger partial charge in [0.2, 0.25) is 0 Å². The summed E-state index contributed by atoms with van der Waals surface area (Å²) in [6, 6.07) is 8.17. The fourth-order valence-corrected chi connectivity index (χ4v) is 2.96. The summed E-state index contributed by atoms with van der Waals surface area (Å²) in [5, 5.41) is 0. The molecule has 0 amide bonds. The molecule has 3 rings (SSSR count). The van der Waals surface area contributed by atoms with Crippen LogP contribution in [0.3, 0.4) is 0 Å². The lowest BCUT2D eigenvalue weighted by molar-refractivity contribution is -0.179. The van der Waals surface area contributed by atoms with E-state index in [9.17, 15) is 4.79 Å². The topological polar surface area (TPSA) is 52.3 Å². The second-order valence-electron chi connectivity index (χ2n) is 5.46. The molecule has 1 aromatic carbocycles. The average molecular weight is 245 g/mol. The third-order valence-electron chi connectivity index (χ3n) is 4.50. The van der Waals surface area contributed by atoms with E-state index in [4.69, 9.17) is 10.5 Å². The minimum atomic E-state index is -0.0861. The number of ether oxygens (including phenoxy) is 1. The van der Waals surface area contributed by atoms with Gasteiger partial charge >= 0.3 is 0 Å². The van der Waals surface area contributed by atoms with Gasteiger partial charge in [-0.25, -0.2) is 0 Å². The first-order chi connectivity index (χ1) is 8.74. The molecule has 2 N–H and O–H groups in total. The van der Waals surface area contributed by atoms with E-state index in [1.807, 2.05) is 12.1 Å². The molecular formula is C15H19NO2. The van der Waals surface area contributed by atoms with Crippen molar-refractivity contribution in [3.63, 3.8) is 0 Å². The third-order valence-corrected chi connectivity index (χ3v) is 4.50. The van der Waals surface area contributed by atoms with Crippen LogP contribution in [0.2, 0.25) is 0 Å². The van der Waals surface area contributed by atoms with Crippen LogP contribution in [-0.2, 0) is 22.7 Å². The van der Waals surface area contributed by atoms with E-state index < -0.39 is 0 Å². The van der Waals surface area contributed by atoms with Gasteiger partial charge in [0.1, 0.15) is 5.78 Å². The highest BCUT2D eigenvalue weighted by atomic mass is 16.5. The molecule has 0 saturated heterocycles. The minimum absolute atomic E-state index is 0.0861. The Morgan fingerprint density at radius 2 is 1.89 bits per heavy atom. The van der Waals surface area contributed by atoms with Crippen LogP contribution in [0.25, 0.3) is 0 Å². The van der Waals surface area contributed by atoms with Crippen LogP contribution < -0.4 is 5.73 Å². The first-order valence-corrected chi connectivity index (χ1v) is 6.67. The Hall–Kier alpha value is -1.19. The Kier molecular flexibility index (Phi) is 2.96. The Morgan fingerprint density at radius 1 is 1.22 bits per heavy atom. The zero-order valence-corrected chi connectivity index (χ0v) is 10.5. The van der Waals surface area contributed by atoms with E-state index >= 15 is 0 Å². The summed E-state index contributed by atoms with van der Waals surface area (Å²) in [6.45, 7) is 1.17. The highest BCUT2D eigenvalue weighted by molar-refractivity contribution is 5.93. The first-order valence-electron chi connectivity index (χ1n) is 6.67. The van der Waals surface area contributed by atoms with Crippen molar-refractivity contribution in [2.75, 3.05) is 0 Å². The lowest BCUT2D eigenvalue weighted by Gasteiger charge is -2.53. The molecule has 1 aromatic rings. The summed E-state index contributed by atoms with van der Waals surface area (Å²) in [5.41, 5.74) is 7.76. The maximum atomic E-state index is 11.6. The lowest BCUT2D eigenvalue weighted by atomic mass is 9.53. The zero-order chi connectivity index (χ0) is 12.6. The zero-order valence-electron chi connectivity index (χ0n) is 10.5. The molecule has 3 heteroatoms. The van der Waals surface area contributed by atoms with Gasteiger partial charge in [-0.3, -0.25) is 4.79 Å². The predicted octanol–water partition coefficient (Wildman–Crippen LogP) is 2.17. The molecule has 1 spiro atoms. The summed E-state index contributed by atoms with van der Waals surface area (Å²) >= 11 is 0. The lowest BCUT2D eigenvalue weighted by Crippen LogP contribution is -2.59. The molecule has 0 heterocycles. The number of nitrogens with two attached hydrogens (primary N) is 1. The van der Waals surface area contributed by atoms with Gasteiger partial charge in [-0.15, -0.1) is 0 Å². The molecule has 2 saturated carbocycles. The third kappa shape index (κ3) is 1.78. The maximum Gasteiger partial charge on any atom is 0.144 e. The van der Waals surface area contributed by atoms with Crippen molar-refractivity contribution in [3.8, 4) is 0 Å². The molecule has 2 aliphatic carbocycles. The molecule has 3 nitrogen and oxygen atoms in total. The molecule has 18 heavy (non-hydrogen) atoms. The fourth-order valence-electron chi connectivity index (χ4n) is 2.96. The minimum Gasteiger partial charge on any atom is -0.372 e. The number of rotatable bonds is 4. The summed E-state index contributed by atoms with van der Waals surface area (Å²) in [5.74, 6) is 0.414. The number of carbonyl (C=O) groups excluding carboxylic acids is 1. The summed E-state index contributed by atoms with van der Waals surface area (Å²) in [4.78, 5) is 11.6. The van der Waals surface area contributed by atoms with Gasteiger partial charge < -0.3 is 10.5 Å². The molecule has 2 fully saturated rings. The van der Waals surface area contributed by atoms with Crippen molar-refractivity contribution in [1.82, 2.24) is 0 Å². The predicted molar refractivity (Wildman–Crippen MR) is 68.8 cm³/mol. The van der Waals surface area contributed by atoms with Gasteiger partial charge in [0.05, 0.1) is 18.1 Å². The Bertz CT molecular complexity index is 448. The molecule has 0 bridgehead atoms. The molecule has 96 valence electrons. The van der Waals surface area contributed by atoms with Crippen molar-refractivity contribution in [3.05, 3.63) is 35.4 Å². The molecule has 0 unspecified atom stereocenters. The van der Waals surface area contributed by atoms with Crippen molar-refractivity contribution >= 4 is 5.78 Å². The standard InChI is InChI=1S/C15H19NO2/c16-9-11-2-4-12(5-3-11)10-18-14-8-13(17)15(14)6-1-7-15/h2-5,14H,1,6-10,16H2/t14-/m1/s1. The number of hydrogen-bond acceptors (Lipinski definition) is 3. The molecule has 1 atom stereocenters. The SMILES string of the molecule is NCc1ccc(CO[C@@H]2CC(=O)C23CCC3)cc1. The van der Waals surface area contributed by atoms with E-state index in [-0.39, 0.29) is 11.5 Å². The van der Waals surface area contributed by atoms with Gasteiger partial charge in [0, 0.05) is 13.0 Å². The quantitative estimate of drug-likeness (QED) is 0.884. The van der Waals surface area contributed by atoms with Gasteiger partial charge in [-0.1, -0.05) is 30.7 Å². The maximum absolute atomic E-state index is 11.6. The second-order valence-corrected chi connectivity index (χ2v) is 5.46. The Balaban J connectivity index is 1.56.